The molecular formula is C8H15N3O3S. The maximum atomic E-state index is 11.3. The minimum absolute atomic E-state index is 0.0429. The first-order valence-corrected chi connectivity index (χ1v) is 5.05. The quantitative estimate of drug-likeness (QED) is 0.306. The smallest absolute Gasteiger partial charge is 0.237 e. The number of carbonyl (C=O) groups is 3. The summed E-state index contributed by atoms with van der Waals surface area (Å²) in [7, 11) is 0. The van der Waals surface area contributed by atoms with Crippen molar-refractivity contribution in [3.8, 4) is 0 Å². The number of amides is 2. The van der Waals surface area contributed by atoms with Crippen LogP contribution in [0, 0.1) is 0 Å². The number of hydrogen-bond acceptors (Lipinski definition) is 5. The van der Waals surface area contributed by atoms with Crippen LogP contribution in [-0.4, -0.2) is 35.9 Å². The highest BCUT2D eigenvalue weighted by Crippen LogP contribution is 1.95. The summed E-state index contributed by atoms with van der Waals surface area (Å²) in [4.78, 5) is 32.1. The number of thiol groups is 1. The van der Waals surface area contributed by atoms with Crippen molar-refractivity contribution in [2.75, 3.05) is 5.75 Å². The van der Waals surface area contributed by atoms with E-state index in [1.807, 2.05) is 0 Å². The molecule has 0 heterocycles. The number of aldehydes is 1. The van der Waals surface area contributed by atoms with E-state index in [1.54, 1.807) is 0 Å². The van der Waals surface area contributed by atoms with E-state index in [9.17, 15) is 14.4 Å². The molecule has 0 fully saturated rings. The molecule has 0 rings (SSSR count). The van der Waals surface area contributed by atoms with Gasteiger partial charge in [0.25, 0.3) is 0 Å². The second kappa shape index (κ2) is 7.24. The molecular weight excluding hydrogens is 218 g/mol. The topological polar surface area (TPSA) is 115 Å². The molecule has 0 spiro atoms. The standard InChI is InChI=1S/C8H15N3O3S/c9-6(1-2-7(10)13)8(14)11-5(3-12)4-15/h3,5-6,15H,1-2,4,9H2,(H2,10,13)(H,11,14)/t5-,6+/m1/s1. The molecule has 0 radical (unpaired) electrons. The summed E-state index contributed by atoms with van der Waals surface area (Å²) >= 11 is 3.86. The van der Waals surface area contributed by atoms with E-state index in [0.29, 0.717) is 6.29 Å². The monoisotopic (exact) mass is 233 g/mol. The summed E-state index contributed by atoms with van der Waals surface area (Å²) in [5.74, 6) is -0.792. The van der Waals surface area contributed by atoms with Crippen LogP contribution < -0.4 is 16.8 Å². The zero-order valence-electron chi connectivity index (χ0n) is 8.18. The van der Waals surface area contributed by atoms with Gasteiger partial charge in [-0.25, -0.2) is 0 Å². The van der Waals surface area contributed by atoms with E-state index in [1.165, 1.54) is 0 Å². The number of nitrogens with one attached hydrogen (secondary N) is 1. The maximum absolute atomic E-state index is 11.3. The zero-order chi connectivity index (χ0) is 11.8. The van der Waals surface area contributed by atoms with Crippen molar-refractivity contribution >= 4 is 30.7 Å². The number of rotatable bonds is 7. The lowest BCUT2D eigenvalue weighted by Crippen LogP contribution is -2.47. The Bertz CT molecular complexity index is 247. The van der Waals surface area contributed by atoms with Crippen molar-refractivity contribution in [2.45, 2.75) is 24.9 Å². The fourth-order valence-corrected chi connectivity index (χ4v) is 1.02. The van der Waals surface area contributed by atoms with Crippen LogP contribution in [0.25, 0.3) is 0 Å². The second-order valence-corrected chi connectivity index (χ2v) is 3.41. The van der Waals surface area contributed by atoms with Crippen LogP contribution in [0.15, 0.2) is 0 Å². The Morgan fingerprint density at radius 2 is 2.07 bits per heavy atom. The predicted octanol–water partition coefficient (Wildman–Crippen LogP) is -1.81. The van der Waals surface area contributed by atoms with Gasteiger partial charge in [0.05, 0.1) is 12.1 Å². The minimum atomic E-state index is -0.833. The Balaban J connectivity index is 3.97. The van der Waals surface area contributed by atoms with Gasteiger partial charge in [-0.2, -0.15) is 12.6 Å². The van der Waals surface area contributed by atoms with E-state index in [-0.39, 0.29) is 18.6 Å². The van der Waals surface area contributed by atoms with Gasteiger partial charge in [0.15, 0.2) is 0 Å². The van der Waals surface area contributed by atoms with Crippen LogP contribution in [0.3, 0.4) is 0 Å². The van der Waals surface area contributed by atoms with Gasteiger partial charge in [-0.15, -0.1) is 0 Å². The SMILES string of the molecule is NC(=O)CC[C@H](N)C(=O)N[C@H](C=O)CS. The molecule has 2 atom stereocenters. The van der Waals surface area contributed by atoms with E-state index in [2.05, 4.69) is 17.9 Å². The van der Waals surface area contributed by atoms with Gasteiger partial charge in [0, 0.05) is 12.2 Å². The lowest BCUT2D eigenvalue weighted by molar-refractivity contribution is -0.125. The maximum Gasteiger partial charge on any atom is 0.237 e. The molecule has 0 saturated carbocycles. The summed E-state index contributed by atoms with van der Waals surface area (Å²) in [5.41, 5.74) is 10.4. The molecule has 0 aliphatic heterocycles. The summed E-state index contributed by atoms with van der Waals surface area (Å²) in [6, 6.07) is -1.49. The van der Waals surface area contributed by atoms with Crippen molar-refractivity contribution in [1.29, 1.82) is 0 Å². The summed E-state index contributed by atoms with van der Waals surface area (Å²) < 4.78 is 0. The third-order valence-electron chi connectivity index (χ3n) is 1.73. The molecule has 0 aliphatic carbocycles. The highest BCUT2D eigenvalue weighted by molar-refractivity contribution is 7.80. The average molecular weight is 233 g/mol. The van der Waals surface area contributed by atoms with Crippen LogP contribution >= 0.6 is 12.6 Å². The normalized spacial score (nSPS) is 14.0. The Labute approximate surface area is 93.2 Å². The van der Waals surface area contributed by atoms with E-state index in [4.69, 9.17) is 11.5 Å². The lowest BCUT2D eigenvalue weighted by Gasteiger charge is -2.14. The summed E-state index contributed by atoms with van der Waals surface area (Å²) in [5, 5.41) is 2.38. The van der Waals surface area contributed by atoms with Crippen molar-refractivity contribution in [1.82, 2.24) is 5.32 Å². The Morgan fingerprint density at radius 3 is 2.47 bits per heavy atom. The van der Waals surface area contributed by atoms with Gasteiger partial charge in [-0.3, -0.25) is 9.59 Å². The molecule has 5 N–H and O–H groups in total. The van der Waals surface area contributed by atoms with E-state index < -0.39 is 23.9 Å². The fraction of sp³-hybridized carbons (Fsp3) is 0.625. The van der Waals surface area contributed by atoms with Crippen LogP contribution in [0.5, 0.6) is 0 Å². The Hall–Kier alpha value is -1.08. The van der Waals surface area contributed by atoms with Crippen LogP contribution in [0.1, 0.15) is 12.8 Å². The molecule has 0 unspecified atom stereocenters. The first-order chi connectivity index (χ1) is 7.01. The molecule has 7 heteroatoms. The van der Waals surface area contributed by atoms with E-state index >= 15 is 0 Å². The van der Waals surface area contributed by atoms with Crippen LogP contribution in [-0.2, 0) is 14.4 Å². The van der Waals surface area contributed by atoms with Gasteiger partial charge in [0.1, 0.15) is 6.29 Å². The third kappa shape index (κ3) is 6.08. The van der Waals surface area contributed by atoms with Gasteiger partial charge < -0.3 is 21.6 Å². The average Bonchev–Trinajstić information content (AvgIpc) is 2.21. The van der Waals surface area contributed by atoms with Gasteiger partial charge >= 0.3 is 0 Å². The number of nitrogens with two attached hydrogens (primary N) is 2. The summed E-state index contributed by atoms with van der Waals surface area (Å²) in [6.45, 7) is 0. The molecule has 2 amide bonds. The van der Waals surface area contributed by atoms with Crippen molar-refractivity contribution in [3.63, 3.8) is 0 Å². The Kier molecular flexibility index (Phi) is 6.72. The molecule has 0 bridgehead atoms. The summed E-state index contributed by atoms with van der Waals surface area (Å²) in [6.07, 6.45) is 0.784. The largest absolute Gasteiger partial charge is 0.370 e. The first-order valence-electron chi connectivity index (χ1n) is 4.41. The van der Waals surface area contributed by atoms with Gasteiger partial charge in [0.2, 0.25) is 11.8 Å². The van der Waals surface area contributed by atoms with Crippen molar-refractivity contribution in [2.24, 2.45) is 11.5 Å². The number of primary amides is 1. The molecule has 0 aromatic carbocycles. The Morgan fingerprint density at radius 1 is 1.47 bits per heavy atom. The predicted molar refractivity (Wildman–Crippen MR) is 58.3 cm³/mol. The molecule has 0 aliphatic rings. The lowest BCUT2D eigenvalue weighted by atomic mass is 10.1. The third-order valence-corrected chi connectivity index (χ3v) is 2.12. The second-order valence-electron chi connectivity index (χ2n) is 3.05. The van der Waals surface area contributed by atoms with Crippen LogP contribution in [0.4, 0.5) is 0 Å². The minimum Gasteiger partial charge on any atom is -0.370 e. The fourth-order valence-electron chi connectivity index (χ4n) is 0.841. The highest BCUT2D eigenvalue weighted by Gasteiger charge is 2.17. The molecule has 0 aromatic heterocycles. The molecule has 15 heavy (non-hydrogen) atoms. The zero-order valence-corrected chi connectivity index (χ0v) is 9.07. The van der Waals surface area contributed by atoms with Crippen molar-refractivity contribution in [3.05, 3.63) is 0 Å². The van der Waals surface area contributed by atoms with Crippen molar-refractivity contribution < 1.29 is 14.4 Å². The highest BCUT2D eigenvalue weighted by atomic mass is 32.1. The number of hydrogen-bond donors (Lipinski definition) is 4. The van der Waals surface area contributed by atoms with E-state index in [0.717, 1.165) is 0 Å². The molecule has 0 saturated heterocycles. The van der Waals surface area contributed by atoms with Gasteiger partial charge in [-0.1, -0.05) is 0 Å². The molecule has 86 valence electrons. The first kappa shape index (κ1) is 13.9. The van der Waals surface area contributed by atoms with Crippen LogP contribution in [0.2, 0.25) is 0 Å². The van der Waals surface area contributed by atoms with Gasteiger partial charge in [-0.05, 0) is 6.42 Å². The number of carbonyl (C=O) groups excluding carboxylic acids is 3. The molecule has 6 nitrogen and oxygen atoms in total. The molecule has 0 aromatic rings.